The van der Waals surface area contributed by atoms with E-state index in [2.05, 4.69) is 54.5 Å². The molecule has 1 aromatic heterocycles. The van der Waals surface area contributed by atoms with Gasteiger partial charge in [-0.1, -0.05) is 38.0 Å². The minimum absolute atomic E-state index is 0.224. The van der Waals surface area contributed by atoms with Gasteiger partial charge in [0.25, 0.3) is 0 Å². The summed E-state index contributed by atoms with van der Waals surface area (Å²) in [7, 11) is 0. The Morgan fingerprint density at radius 2 is 1.85 bits per heavy atom. The summed E-state index contributed by atoms with van der Waals surface area (Å²) >= 11 is 0. The highest BCUT2D eigenvalue weighted by atomic mass is 14.9. The Morgan fingerprint density at radius 3 is 2.50 bits per heavy atom. The van der Waals surface area contributed by atoms with Crippen LogP contribution in [0.2, 0.25) is 0 Å². The van der Waals surface area contributed by atoms with Gasteiger partial charge in [0, 0.05) is 11.9 Å². The van der Waals surface area contributed by atoms with E-state index < -0.39 is 0 Å². The zero-order chi connectivity index (χ0) is 14.2. The number of pyridine rings is 1. The molecule has 2 rings (SSSR count). The maximum absolute atomic E-state index is 4.38. The van der Waals surface area contributed by atoms with Gasteiger partial charge in [-0.05, 0) is 49.6 Å². The topological polar surface area (TPSA) is 24.9 Å². The normalized spacial score (nSPS) is 12.1. The number of rotatable bonds is 7. The summed E-state index contributed by atoms with van der Waals surface area (Å²) in [5.74, 6) is 0. The first kappa shape index (κ1) is 14.6. The van der Waals surface area contributed by atoms with Gasteiger partial charge >= 0.3 is 0 Å². The lowest BCUT2D eigenvalue weighted by atomic mass is 10.1. The van der Waals surface area contributed by atoms with Crippen LogP contribution in [0.1, 0.15) is 50.4 Å². The fraction of sp³-hybridized carbons (Fsp3) is 0.389. The van der Waals surface area contributed by atoms with Crippen LogP contribution in [0.4, 0.5) is 5.69 Å². The Hall–Kier alpha value is -1.83. The average Bonchev–Trinajstić information content (AvgIpc) is 2.50. The highest BCUT2D eigenvalue weighted by Crippen LogP contribution is 2.18. The summed E-state index contributed by atoms with van der Waals surface area (Å²) < 4.78 is 0. The summed E-state index contributed by atoms with van der Waals surface area (Å²) in [5, 5.41) is 3.49. The fourth-order valence-corrected chi connectivity index (χ4v) is 2.30. The van der Waals surface area contributed by atoms with Crippen molar-refractivity contribution in [3.63, 3.8) is 0 Å². The molecule has 0 bridgehead atoms. The molecule has 106 valence electrons. The van der Waals surface area contributed by atoms with E-state index in [1.807, 2.05) is 18.3 Å². The third kappa shape index (κ3) is 4.37. The molecule has 0 saturated carbocycles. The smallest absolute Gasteiger partial charge is 0.0657 e. The second kappa shape index (κ2) is 7.68. The van der Waals surface area contributed by atoms with Gasteiger partial charge in [0.2, 0.25) is 0 Å². The SMILES string of the molecule is CCCCCc1ccc(NC(C)c2ccccn2)cc1. The van der Waals surface area contributed by atoms with Crippen LogP contribution in [-0.2, 0) is 6.42 Å². The lowest BCUT2D eigenvalue weighted by Gasteiger charge is -2.15. The van der Waals surface area contributed by atoms with E-state index in [9.17, 15) is 0 Å². The van der Waals surface area contributed by atoms with Gasteiger partial charge in [-0.2, -0.15) is 0 Å². The van der Waals surface area contributed by atoms with Gasteiger partial charge in [-0.25, -0.2) is 0 Å². The molecular formula is C18H24N2. The minimum atomic E-state index is 0.224. The van der Waals surface area contributed by atoms with Gasteiger partial charge in [0.1, 0.15) is 0 Å². The van der Waals surface area contributed by atoms with Crippen LogP contribution in [0, 0.1) is 0 Å². The maximum Gasteiger partial charge on any atom is 0.0657 e. The fourth-order valence-electron chi connectivity index (χ4n) is 2.30. The standard InChI is InChI=1S/C18H24N2/c1-3-4-5-8-16-10-12-17(13-11-16)20-15(2)18-9-6-7-14-19-18/h6-7,9-15,20H,3-5,8H2,1-2H3. The number of aryl methyl sites for hydroxylation is 1. The van der Waals surface area contributed by atoms with Crippen LogP contribution in [0.15, 0.2) is 48.7 Å². The predicted octanol–water partition coefficient (Wildman–Crippen LogP) is 4.99. The molecule has 0 aliphatic heterocycles. The Bertz CT molecular complexity index is 491. The first-order valence-corrected chi connectivity index (χ1v) is 7.56. The van der Waals surface area contributed by atoms with Crippen LogP contribution in [0.25, 0.3) is 0 Å². The van der Waals surface area contributed by atoms with Gasteiger partial charge in [0.05, 0.1) is 11.7 Å². The van der Waals surface area contributed by atoms with Crippen molar-refractivity contribution in [2.75, 3.05) is 5.32 Å². The molecule has 20 heavy (non-hydrogen) atoms. The molecular weight excluding hydrogens is 244 g/mol. The molecule has 0 radical (unpaired) electrons. The van der Waals surface area contributed by atoms with E-state index >= 15 is 0 Å². The van der Waals surface area contributed by atoms with Gasteiger partial charge in [-0.3, -0.25) is 4.98 Å². The van der Waals surface area contributed by atoms with Crippen LogP contribution in [0.3, 0.4) is 0 Å². The molecule has 2 heteroatoms. The summed E-state index contributed by atoms with van der Waals surface area (Å²) in [6.45, 7) is 4.38. The number of anilines is 1. The van der Waals surface area contributed by atoms with Crippen LogP contribution in [0.5, 0.6) is 0 Å². The second-order valence-corrected chi connectivity index (χ2v) is 5.27. The summed E-state index contributed by atoms with van der Waals surface area (Å²) in [6.07, 6.45) is 6.90. The van der Waals surface area contributed by atoms with E-state index in [1.54, 1.807) is 0 Å². The lowest BCUT2D eigenvalue weighted by molar-refractivity contribution is 0.717. The number of nitrogens with zero attached hydrogens (tertiary/aromatic N) is 1. The summed E-state index contributed by atoms with van der Waals surface area (Å²) in [5.41, 5.74) is 3.65. The molecule has 0 fully saturated rings. The van der Waals surface area contributed by atoms with Crippen molar-refractivity contribution in [1.82, 2.24) is 4.98 Å². The molecule has 1 heterocycles. The number of unbranched alkanes of at least 4 members (excludes halogenated alkanes) is 2. The van der Waals surface area contributed by atoms with E-state index in [1.165, 1.54) is 31.2 Å². The molecule has 1 aromatic carbocycles. The largest absolute Gasteiger partial charge is 0.377 e. The first-order chi connectivity index (χ1) is 9.79. The van der Waals surface area contributed by atoms with Gasteiger partial charge in [-0.15, -0.1) is 0 Å². The van der Waals surface area contributed by atoms with Gasteiger partial charge < -0.3 is 5.32 Å². The van der Waals surface area contributed by atoms with Crippen molar-refractivity contribution >= 4 is 5.69 Å². The van der Waals surface area contributed by atoms with E-state index in [0.29, 0.717) is 0 Å². The van der Waals surface area contributed by atoms with E-state index in [-0.39, 0.29) is 6.04 Å². The molecule has 1 N–H and O–H groups in total. The summed E-state index contributed by atoms with van der Waals surface area (Å²) in [6, 6.07) is 15.0. The molecule has 2 aromatic rings. The van der Waals surface area contributed by atoms with E-state index in [4.69, 9.17) is 0 Å². The van der Waals surface area contributed by atoms with Crippen LogP contribution < -0.4 is 5.32 Å². The summed E-state index contributed by atoms with van der Waals surface area (Å²) in [4.78, 5) is 4.38. The number of hydrogen-bond donors (Lipinski definition) is 1. The zero-order valence-corrected chi connectivity index (χ0v) is 12.5. The minimum Gasteiger partial charge on any atom is -0.377 e. The molecule has 1 unspecified atom stereocenters. The highest BCUT2D eigenvalue weighted by Gasteiger charge is 2.05. The number of hydrogen-bond acceptors (Lipinski definition) is 2. The molecule has 0 aliphatic carbocycles. The monoisotopic (exact) mass is 268 g/mol. The molecule has 0 saturated heterocycles. The van der Waals surface area contributed by atoms with E-state index in [0.717, 1.165) is 11.4 Å². The van der Waals surface area contributed by atoms with Crippen molar-refractivity contribution in [2.45, 2.75) is 45.6 Å². The lowest BCUT2D eigenvalue weighted by Crippen LogP contribution is -2.08. The Morgan fingerprint density at radius 1 is 1.05 bits per heavy atom. The molecule has 1 atom stereocenters. The van der Waals surface area contributed by atoms with Crippen LogP contribution in [-0.4, -0.2) is 4.98 Å². The van der Waals surface area contributed by atoms with Crippen molar-refractivity contribution < 1.29 is 0 Å². The number of aromatic nitrogens is 1. The van der Waals surface area contributed by atoms with Crippen molar-refractivity contribution in [3.8, 4) is 0 Å². The highest BCUT2D eigenvalue weighted by molar-refractivity contribution is 5.46. The van der Waals surface area contributed by atoms with Gasteiger partial charge in [0.15, 0.2) is 0 Å². The molecule has 0 spiro atoms. The number of benzene rings is 1. The Kier molecular flexibility index (Phi) is 5.60. The van der Waals surface area contributed by atoms with Crippen molar-refractivity contribution in [2.24, 2.45) is 0 Å². The molecule has 0 aliphatic rings. The first-order valence-electron chi connectivity index (χ1n) is 7.56. The molecule has 2 nitrogen and oxygen atoms in total. The predicted molar refractivity (Wildman–Crippen MR) is 85.9 cm³/mol. The second-order valence-electron chi connectivity index (χ2n) is 5.27. The van der Waals surface area contributed by atoms with Crippen molar-refractivity contribution in [3.05, 3.63) is 59.9 Å². The quantitative estimate of drug-likeness (QED) is 0.716. The Labute approximate surface area is 122 Å². The van der Waals surface area contributed by atoms with Crippen LogP contribution >= 0.6 is 0 Å². The Balaban J connectivity index is 1.90. The third-order valence-corrected chi connectivity index (χ3v) is 3.54. The zero-order valence-electron chi connectivity index (χ0n) is 12.5. The van der Waals surface area contributed by atoms with Crippen molar-refractivity contribution in [1.29, 1.82) is 0 Å². The third-order valence-electron chi connectivity index (χ3n) is 3.54. The number of nitrogens with one attached hydrogen (secondary N) is 1. The molecule has 0 amide bonds. The maximum atomic E-state index is 4.38. The average molecular weight is 268 g/mol.